The SMILES string of the molecule is CCC(CCO)NCc1ncc(C)c([N+](=O)[O-])c1C. The molecular weight excluding hydrogens is 246 g/mol. The number of hydrogen-bond acceptors (Lipinski definition) is 5. The Labute approximate surface area is 113 Å². The van der Waals surface area contributed by atoms with Crippen molar-refractivity contribution >= 4 is 5.69 Å². The van der Waals surface area contributed by atoms with Gasteiger partial charge in [-0.3, -0.25) is 15.1 Å². The van der Waals surface area contributed by atoms with Crippen LogP contribution in [0.5, 0.6) is 0 Å². The maximum Gasteiger partial charge on any atom is 0.278 e. The first-order valence-electron chi connectivity index (χ1n) is 6.44. The average Bonchev–Trinajstić information content (AvgIpc) is 2.36. The summed E-state index contributed by atoms with van der Waals surface area (Å²) < 4.78 is 0. The number of nitrogens with zero attached hydrogens (tertiary/aromatic N) is 2. The van der Waals surface area contributed by atoms with Gasteiger partial charge in [0.1, 0.15) is 0 Å². The van der Waals surface area contributed by atoms with Crippen molar-refractivity contribution in [1.82, 2.24) is 10.3 Å². The van der Waals surface area contributed by atoms with Gasteiger partial charge in [0.05, 0.1) is 10.6 Å². The Morgan fingerprint density at radius 3 is 2.74 bits per heavy atom. The van der Waals surface area contributed by atoms with Crippen molar-refractivity contribution in [3.63, 3.8) is 0 Å². The first kappa shape index (κ1) is 15.5. The van der Waals surface area contributed by atoms with Crippen molar-refractivity contribution in [3.8, 4) is 0 Å². The Balaban J connectivity index is 2.85. The van der Waals surface area contributed by atoms with Crippen LogP contribution in [0, 0.1) is 24.0 Å². The van der Waals surface area contributed by atoms with E-state index in [9.17, 15) is 10.1 Å². The molecule has 0 saturated heterocycles. The van der Waals surface area contributed by atoms with Gasteiger partial charge in [0.15, 0.2) is 0 Å². The fraction of sp³-hybridized carbons (Fsp3) is 0.615. The zero-order valence-electron chi connectivity index (χ0n) is 11.6. The molecule has 0 aliphatic carbocycles. The normalized spacial score (nSPS) is 12.4. The lowest BCUT2D eigenvalue weighted by molar-refractivity contribution is -0.386. The summed E-state index contributed by atoms with van der Waals surface area (Å²) in [5, 5.41) is 23.2. The van der Waals surface area contributed by atoms with Gasteiger partial charge < -0.3 is 10.4 Å². The monoisotopic (exact) mass is 267 g/mol. The molecule has 0 aliphatic heterocycles. The average molecular weight is 267 g/mol. The van der Waals surface area contributed by atoms with E-state index < -0.39 is 0 Å². The Kier molecular flexibility index (Phi) is 5.85. The molecule has 0 bridgehead atoms. The maximum atomic E-state index is 11.0. The first-order chi connectivity index (χ1) is 9.01. The molecule has 1 aromatic rings. The summed E-state index contributed by atoms with van der Waals surface area (Å²) in [6.45, 7) is 6.06. The summed E-state index contributed by atoms with van der Waals surface area (Å²) >= 11 is 0. The smallest absolute Gasteiger partial charge is 0.278 e. The van der Waals surface area contributed by atoms with Crippen molar-refractivity contribution in [3.05, 3.63) is 33.1 Å². The predicted octanol–water partition coefficient (Wildman–Crippen LogP) is 1.86. The molecule has 1 aromatic heterocycles. The third-order valence-electron chi connectivity index (χ3n) is 3.29. The number of aliphatic hydroxyl groups excluding tert-OH is 1. The summed E-state index contributed by atoms with van der Waals surface area (Å²) in [6, 6.07) is 0.201. The van der Waals surface area contributed by atoms with Crippen LogP contribution in [0.3, 0.4) is 0 Å². The van der Waals surface area contributed by atoms with Gasteiger partial charge in [-0.15, -0.1) is 0 Å². The van der Waals surface area contributed by atoms with E-state index in [2.05, 4.69) is 10.3 Å². The minimum atomic E-state index is -0.360. The molecule has 1 rings (SSSR count). The van der Waals surface area contributed by atoms with Crippen molar-refractivity contribution in [1.29, 1.82) is 0 Å². The van der Waals surface area contributed by atoms with Gasteiger partial charge in [-0.1, -0.05) is 6.92 Å². The summed E-state index contributed by atoms with van der Waals surface area (Å²) in [5.41, 5.74) is 2.01. The minimum absolute atomic E-state index is 0.131. The Morgan fingerprint density at radius 1 is 1.53 bits per heavy atom. The quantitative estimate of drug-likeness (QED) is 0.581. The van der Waals surface area contributed by atoms with Crippen molar-refractivity contribution in [2.24, 2.45) is 0 Å². The molecule has 19 heavy (non-hydrogen) atoms. The molecule has 6 nitrogen and oxygen atoms in total. The topological polar surface area (TPSA) is 88.3 Å². The summed E-state index contributed by atoms with van der Waals surface area (Å²) in [7, 11) is 0. The second kappa shape index (κ2) is 7.16. The highest BCUT2D eigenvalue weighted by molar-refractivity contribution is 5.47. The lowest BCUT2D eigenvalue weighted by Gasteiger charge is -2.16. The fourth-order valence-electron chi connectivity index (χ4n) is 2.07. The number of aliphatic hydroxyl groups is 1. The summed E-state index contributed by atoms with van der Waals surface area (Å²) in [4.78, 5) is 14.9. The van der Waals surface area contributed by atoms with Crippen molar-refractivity contribution < 1.29 is 10.0 Å². The predicted molar refractivity (Wildman–Crippen MR) is 73.0 cm³/mol. The van der Waals surface area contributed by atoms with Gasteiger partial charge in [-0.2, -0.15) is 0 Å². The van der Waals surface area contributed by atoms with Gasteiger partial charge >= 0.3 is 0 Å². The number of nitrogens with one attached hydrogen (secondary N) is 1. The van der Waals surface area contributed by atoms with Crippen LogP contribution in [-0.4, -0.2) is 27.7 Å². The van der Waals surface area contributed by atoms with E-state index in [1.165, 1.54) is 6.20 Å². The molecule has 1 atom stereocenters. The molecule has 0 spiro atoms. The number of hydrogen-bond donors (Lipinski definition) is 2. The molecule has 0 aliphatic rings. The molecule has 0 amide bonds. The number of aryl methyl sites for hydroxylation is 1. The molecule has 0 radical (unpaired) electrons. The standard InChI is InChI=1S/C13H21N3O3/c1-4-11(5-6-17)14-8-12-10(3)13(16(18)19)9(2)7-15-12/h7,11,14,17H,4-6,8H2,1-3H3. The molecule has 2 N–H and O–H groups in total. The molecule has 1 heterocycles. The second-order valence-electron chi connectivity index (χ2n) is 4.62. The molecule has 0 saturated carbocycles. The van der Waals surface area contributed by atoms with Crippen molar-refractivity contribution in [2.75, 3.05) is 6.61 Å². The summed E-state index contributed by atoms with van der Waals surface area (Å²) in [5.74, 6) is 0. The van der Waals surface area contributed by atoms with E-state index in [1.54, 1.807) is 13.8 Å². The number of nitro groups is 1. The Morgan fingerprint density at radius 2 is 2.21 bits per heavy atom. The number of pyridine rings is 1. The van der Waals surface area contributed by atoms with Gasteiger partial charge in [0.2, 0.25) is 0 Å². The van der Waals surface area contributed by atoms with E-state index >= 15 is 0 Å². The van der Waals surface area contributed by atoms with Crippen LogP contribution in [-0.2, 0) is 6.54 Å². The highest BCUT2D eigenvalue weighted by atomic mass is 16.6. The lowest BCUT2D eigenvalue weighted by Crippen LogP contribution is -2.29. The van der Waals surface area contributed by atoms with Crippen LogP contribution < -0.4 is 5.32 Å². The van der Waals surface area contributed by atoms with Crippen LogP contribution in [0.15, 0.2) is 6.20 Å². The fourth-order valence-corrected chi connectivity index (χ4v) is 2.07. The van der Waals surface area contributed by atoms with Crippen molar-refractivity contribution in [2.45, 2.75) is 46.2 Å². The van der Waals surface area contributed by atoms with E-state index in [0.717, 1.165) is 6.42 Å². The van der Waals surface area contributed by atoms with E-state index in [4.69, 9.17) is 5.11 Å². The highest BCUT2D eigenvalue weighted by Crippen LogP contribution is 2.23. The third-order valence-corrected chi connectivity index (χ3v) is 3.29. The molecule has 0 fully saturated rings. The van der Waals surface area contributed by atoms with Gasteiger partial charge in [0, 0.05) is 36.5 Å². The molecule has 0 aromatic carbocycles. The van der Waals surface area contributed by atoms with E-state index in [1.807, 2.05) is 6.92 Å². The van der Waals surface area contributed by atoms with Crippen LogP contribution >= 0.6 is 0 Å². The zero-order valence-corrected chi connectivity index (χ0v) is 11.6. The van der Waals surface area contributed by atoms with E-state index in [0.29, 0.717) is 29.8 Å². The Hall–Kier alpha value is -1.53. The molecule has 1 unspecified atom stereocenters. The van der Waals surface area contributed by atoms with Gasteiger partial charge in [-0.25, -0.2) is 0 Å². The molecular formula is C13H21N3O3. The van der Waals surface area contributed by atoms with Crippen LogP contribution in [0.25, 0.3) is 0 Å². The van der Waals surface area contributed by atoms with Crippen LogP contribution in [0.2, 0.25) is 0 Å². The zero-order chi connectivity index (χ0) is 14.4. The minimum Gasteiger partial charge on any atom is -0.396 e. The first-order valence-corrected chi connectivity index (χ1v) is 6.44. The number of rotatable bonds is 7. The summed E-state index contributed by atoms with van der Waals surface area (Å²) in [6.07, 6.45) is 3.10. The molecule has 106 valence electrons. The third kappa shape index (κ3) is 3.97. The van der Waals surface area contributed by atoms with Gasteiger partial charge in [0.25, 0.3) is 5.69 Å². The van der Waals surface area contributed by atoms with E-state index in [-0.39, 0.29) is 23.3 Å². The largest absolute Gasteiger partial charge is 0.396 e. The van der Waals surface area contributed by atoms with Gasteiger partial charge in [-0.05, 0) is 26.7 Å². The second-order valence-corrected chi connectivity index (χ2v) is 4.62. The number of aromatic nitrogens is 1. The van der Waals surface area contributed by atoms with Crippen LogP contribution in [0.1, 0.15) is 36.6 Å². The molecule has 6 heteroatoms. The lowest BCUT2D eigenvalue weighted by atomic mass is 10.1. The Bertz CT molecular complexity index is 449. The maximum absolute atomic E-state index is 11.0. The highest BCUT2D eigenvalue weighted by Gasteiger charge is 2.18. The van der Waals surface area contributed by atoms with Crippen LogP contribution in [0.4, 0.5) is 5.69 Å².